The molecule has 122 valence electrons. The number of hydrogen-bond donors (Lipinski definition) is 1. The van der Waals surface area contributed by atoms with Crippen LogP contribution in [0.3, 0.4) is 0 Å². The summed E-state index contributed by atoms with van der Waals surface area (Å²) in [7, 11) is 0. The molecule has 1 aromatic heterocycles. The van der Waals surface area contributed by atoms with Crippen LogP contribution in [0.5, 0.6) is 5.75 Å². The summed E-state index contributed by atoms with van der Waals surface area (Å²) in [6.45, 7) is 6.18. The van der Waals surface area contributed by atoms with Gasteiger partial charge in [-0.05, 0) is 65.0 Å². The van der Waals surface area contributed by atoms with Crippen LogP contribution >= 0.6 is 15.9 Å². The highest BCUT2D eigenvalue weighted by Crippen LogP contribution is 2.21. The predicted octanol–water partition coefficient (Wildman–Crippen LogP) is 4.68. The summed E-state index contributed by atoms with van der Waals surface area (Å²) in [5.41, 5.74) is 2.10. The maximum Gasteiger partial charge on any atom is 0.263 e. The number of carbonyl (C=O) groups is 1. The van der Waals surface area contributed by atoms with Gasteiger partial charge in [-0.15, -0.1) is 0 Å². The molecule has 0 aliphatic carbocycles. The molecule has 1 atom stereocenters. The summed E-state index contributed by atoms with van der Waals surface area (Å²) < 4.78 is 6.42. The lowest BCUT2D eigenvalue weighted by Gasteiger charge is -2.11. The van der Waals surface area contributed by atoms with Gasteiger partial charge in [0.1, 0.15) is 11.6 Å². The average Bonchev–Trinajstić information content (AvgIpc) is 2.56. The van der Waals surface area contributed by atoms with Crippen LogP contribution < -0.4 is 10.1 Å². The van der Waals surface area contributed by atoms with Crippen molar-refractivity contribution in [3.8, 4) is 5.75 Å². The first-order valence-electron chi connectivity index (χ1n) is 7.65. The van der Waals surface area contributed by atoms with Crippen LogP contribution in [0.1, 0.15) is 37.4 Å². The number of nitrogens with zero attached hydrogens (tertiary/aromatic N) is 1. The molecule has 0 aliphatic rings. The van der Waals surface area contributed by atoms with Gasteiger partial charge in [0.25, 0.3) is 5.91 Å². The fraction of sp³-hybridized carbons (Fsp3) is 0.333. The molecular weight excluding hydrogens is 356 g/mol. The highest BCUT2D eigenvalue weighted by atomic mass is 79.9. The van der Waals surface area contributed by atoms with Crippen molar-refractivity contribution >= 4 is 27.7 Å². The molecule has 0 fully saturated rings. The first-order chi connectivity index (χ1) is 11.0. The highest BCUT2D eigenvalue weighted by molar-refractivity contribution is 9.10. The van der Waals surface area contributed by atoms with Crippen LogP contribution in [0.2, 0.25) is 0 Å². The van der Waals surface area contributed by atoms with Gasteiger partial charge in [0.2, 0.25) is 0 Å². The zero-order valence-electron chi connectivity index (χ0n) is 13.6. The van der Waals surface area contributed by atoms with Gasteiger partial charge in [0.05, 0.1) is 5.69 Å². The van der Waals surface area contributed by atoms with Crippen LogP contribution in [0.15, 0.2) is 40.9 Å². The summed E-state index contributed by atoms with van der Waals surface area (Å²) in [5, 5.41) is 2.72. The molecule has 23 heavy (non-hydrogen) atoms. The van der Waals surface area contributed by atoms with Crippen LogP contribution in [-0.2, 0) is 4.79 Å². The number of aryl methyl sites for hydroxylation is 1. The molecule has 0 unspecified atom stereocenters. The first kappa shape index (κ1) is 17.5. The molecule has 2 aromatic rings. The molecule has 0 bridgehead atoms. The van der Waals surface area contributed by atoms with Gasteiger partial charge in [-0.25, -0.2) is 4.98 Å². The molecule has 1 heterocycles. The Morgan fingerprint density at radius 2 is 1.96 bits per heavy atom. The lowest BCUT2D eigenvalue weighted by Crippen LogP contribution is -2.20. The Labute approximate surface area is 145 Å². The second-order valence-electron chi connectivity index (χ2n) is 5.48. The Kier molecular flexibility index (Phi) is 6.16. The quantitative estimate of drug-likeness (QED) is 0.795. The van der Waals surface area contributed by atoms with E-state index in [1.54, 1.807) is 6.07 Å². The van der Waals surface area contributed by atoms with Crippen LogP contribution in [0.25, 0.3) is 0 Å². The van der Waals surface area contributed by atoms with Crippen LogP contribution in [0.4, 0.5) is 5.82 Å². The normalized spacial score (nSPS) is 11.8. The summed E-state index contributed by atoms with van der Waals surface area (Å²) in [5.74, 6) is 1.50. The Bertz CT molecular complexity index is 671. The lowest BCUT2D eigenvalue weighted by molar-refractivity contribution is -0.118. The summed E-state index contributed by atoms with van der Waals surface area (Å²) in [6.07, 6.45) is 1.10. The molecule has 0 aliphatic heterocycles. The number of benzene rings is 1. The van der Waals surface area contributed by atoms with Gasteiger partial charge in [0, 0.05) is 4.47 Å². The fourth-order valence-electron chi connectivity index (χ4n) is 2.07. The number of amides is 1. The minimum absolute atomic E-state index is 0.0422. The summed E-state index contributed by atoms with van der Waals surface area (Å²) >= 11 is 3.38. The van der Waals surface area contributed by atoms with E-state index in [2.05, 4.69) is 40.1 Å². The minimum Gasteiger partial charge on any atom is -0.484 e. The van der Waals surface area contributed by atoms with E-state index in [-0.39, 0.29) is 12.5 Å². The van der Waals surface area contributed by atoms with E-state index in [9.17, 15) is 4.79 Å². The van der Waals surface area contributed by atoms with E-state index in [1.807, 2.05) is 37.3 Å². The Morgan fingerprint density at radius 3 is 2.57 bits per heavy atom. The van der Waals surface area contributed by atoms with Crippen molar-refractivity contribution in [2.45, 2.75) is 33.1 Å². The van der Waals surface area contributed by atoms with Gasteiger partial charge in [-0.2, -0.15) is 0 Å². The van der Waals surface area contributed by atoms with Crippen molar-refractivity contribution < 1.29 is 9.53 Å². The summed E-state index contributed by atoms with van der Waals surface area (Å²) in [6, 6.07) is 11.5. The number of aromatic nitrogens is 1. The molecule has 1 amide bonds. The first-order valence-corrected chi connectivity index (χ1v) is 8.44. The van der Waals surface area contributed by atoms with Crippen molar-refractivity contribution in [1.82, 2.24) is 4.98 Å². The van der Waals surface area contributed by atoms with E-state index in [0.717, 1.165) is 16.6 Å². The molecule has 1 aromatic carbocycles. The maximum atomic E-state index is 11.9. The molecule has 0 radical (unpaired) electrons. The van der Waals surface area contributed by atoms with E-state index < -0.39 is 0 Å². The topological polar surface area (TPSA) is 51.2 Å². The highest BCUT2D eigenvalue weighted by Gasteiger charge is 2.07. The third-order valence-electron chi connectivity index (χ3n) is 3.72. The number of pyridine rings is 1. The zero-order valence-corrected chi connectivity index (χ0v) is 15.2. The second kappa shape index (κ2) is 8.11. The van der Waals surface area contributed by atoms with Gasteiger partial charge < -0.3 is 10.1 Å². The number of nitrogens with one attached hydrogen (secondary N) is 1. The van der Waals surface area contributed by atoms with Crippen molar-refractivity contribution in [1.29, 1.82) is 0 Å². The molecule has 0 spiro atoms. The third kappa shape index (κ3) is 5.06. The van der Waals surface area contributed by atoms with Crippen LogP contribution in [-0.4, -0.2) is 17.5 Å². The Morgan fingerprint density at radius 1 is 1.26 bits per heavy atom. The largest absolute Gasteiger partial charge is 0.484 e. The molecule has 0 saturated carbocycles. The van der Waals surface area contributed by atoms with Gasteiger partial charge in [-0.1, -0.05) is 26.0 Å². The molecule has 0 saturated heterocycles. The van der Waals surface area contributed by atoms with E-state index >= 15 is 0 Å². The molecular formula is C18H21BrN2O2. The number of anilines is 1. The van der Waals surface area contributed by atoms with E-state index in [0.29, 0.717) is 17.5 Å². The Hall–Kier alpha value is -1.88. The lowest BCUT2D eigenvalue weighted by atomic mass is 9.99. The van der Waals surface area contributed by atoms with E-state index in [1.165, 1.54) is 5.56 Å². The zero-order chi connectivity index (χ0) is 16.8. The van der Waals surface area contributed by atoms with Crippen LogP contribution in [0, 0.1) is 6.92 Å². The third-order valence-corrected chi connectivity index (χ3v) is 4.56. The second-order valence-corrected chi connectivity index (χ2v) is 6.33. The molecule has 4 nitrogen and oxygen atoms in total. The maximum absolute atomic E-state index is 11.9. The monoisotopic (exact) mass is 376 g/mol. The van der Waals surface area contributed by atoms with Gasteiger partial charge in [-0.3, -0.25) is 4.79 Å². The minimum atomic E-state index is -0.231. The van der Waals surface area contributed by atoms with Crippen molar-refractivity contribution in [2.75, 3.05) is 11.9 Å². The molecule has 2 rings (SSSR count). The number of carbonyl (C=O) groups excluding carboxylic acids is 1. The van der Waals surface area contributed by atoms with Crippen molar-refractivity contribution in [3.05, 3.63) is 52.1 Å². The number of ether oxygens (including phenoxy) is 1. The molecule has 5 heteroatoms. The SMILES string of the molecule is CC[C@@H](C)c1ccc(OCC(=O)Nc2ccc(Br)c(C)n2)cc1. The summed E-state index contributed by atoms with van der Waals surface area (Å²) in [4.78, 5) is 16.2. The van der Waals surface area contributed by atoms with Gasteiger partial charge in [0.15, 0.2) is 6.61 Å². The smallest absolute Gasteiger partial charge is 0.263 e. The number of rotatable bonds is 6. The average molecular weight is 377 g/mol. The van der Waals surface area contributed by atoms with Crippen molar-refractivity contribution in [2.24, 2.45) is 0 Å². The number of halogens is 1. The van der Waals surface area contributed by atoms with Crippen molar-refractivity contribution in [3.63, 3.8) is 0 Å². The fourth-order valence-corrected chi connectivity index (χ4v) is 2.29. The van der Waals surface area contributed by atoms with Gasteiger partial charge >= 0.3 is 0 Å². The van der Waals surface area contributed by atoms with E-state index in [4.69, 9.17) is 4.74 Å². The standard InChI is InChI=1S/C18H21BrN2O2/c1-4-12(2)14-5-7-15(8-6-14)23-11-18(22)21-17-10-9-16(19)13(3)20-17/h5-10,12H,4,11H2,1-3H3,(H,20,21,22)/t12-/m1/s1. The Balaban J connectivity index is 1.87. The predicted molar refractivity (Wildman–Crippen MR) is 95.9 cm³/mol. The number of hydrogen-bond acceptors (Lipinski definition) is 3. The molecule has 1 N–H and O–H groups in total.